The minimum absolute atomic E-state index is 0.186. The fourth-order valence-corrected chi connectivity index (χ4v) is 5.68. The van der Waals surface area contributed by atoms with Crippen molar-refractivity contribution in [1.82, 2.24) is 4.57 Å². The van der Waals surface area contributed by atoms with E-state index in [0.29, 0.717) is 4.57 Å². The van der Waals surface area contributed by atoms with Gasteiger partial charge in [0, 0.05) is 33.5 Å². The smallest absolute Gasteiger partial charge is 0.0651 e. The summed E-state index contributed by atoms with van der Waals surface area (Å²) in [5.41, 5.74) is -14.6. The van der Waals surface area contributed by atoms with Gasteiger partial charge in [0.05, 0.1) is 63.1 Å². The molecule has 0 atom stereocenters. The van der Waals surface area contributed by atoms with Gasteiger partial charge in [0.1, 0.15) is 0 Å². The van der Waals surface area contributed by atoms with Crippen LogP contribution in [0.2, 0.25) is 0 Å². The quantitative estimate of drug-likeness (QED) is 0.150. The molecule has 0 fully saturated rings. The van der Waals surface area contributed by atoms with E-state index < -0.39 is 319 Å². The third-order valence-corrected chi connectivity index (χ3v) is 8.06. The molecule has 0 saturated carbocycles. The van der Waals surface area contributed by atoms with Crippen molar-refractivity contribution in [2.45, 2.75) is 0 Å². The number of anilines is 3. The Bertz CT molecular complexity index is 4900. The van der Waals surface area contributed by atoms with Crippen LogP contribution in [0.25, 0.3) is 72.0 Å². The van der Waals surface area contributed by atoms with Gasteiger partial charge in [-0.2, -0.15) is 0 Å². The van der Waals surface area contributed by atoms with Crippen LogP contribution in [0.15, 0.2) is 230 Å². The number of fused-ring (bicyclic) bond motifs is 3. The summed E-state index contributed by atoms with van der Waals surface area (Å²) >= 11 is 0. The molecule has 10 aromatic rings. The van der Waals surface area contributed by atoms with Crippen molar-refractivity contribution in [3.8, 4) is 50.2 Å². The Morgan fingerprint density at radius 3 is 1.43 bits per heavy atom. The standard InChI is InChI=1S/C54H38N2/c1-4-15-39(16-5-1)41-29-33-47(34-30-41)55(48-35-31-42(32-36-48)40-17-6-2-7-18-40)49-24-13-20-44(38-49)43-19-12-21-45(37-43)50-26-14-28-53-54(50)51-25-10-11-27-52(51)56(53)46-22-8-3-9-23-46/h1-38H/i1D,2D,3D,4D,5D,6D,7D,8D,9D,10D,11D,12D,13D,14D,15D,16D,17D,18D,19D,20D,21D,22D,23D,24D,25D,26D,27D,28D,29D,30D,31D,32D,33D,34D,35D,36D,37D,38D. The predicted octanol–water partition coefficient (Wildman–Crippen LogP) is 14.9. The molecule has 0 saturated heterocycles. The molecule has 2 heteroatoms. The van der Waals surface area contributed by atoms with Crippen LogP contribution in [-0.2, 0) is 0 Å². The molecule has 0 bridgehead atoms. The highest BCUT2D eigenvalue weighted by atomic mass is 15.1. The molecular weight excluding hydrogens is 677 g/mol. The van der Waals surface area contributed by atoms with E-state index in [0.717, 1.165) is 0 Å². The summed E-state index contributed by atoms with van der Waals surface area (Å²) in [4.78, 5) is 0.186. The summed E-state index contributed by atoms with van der Waals surface area (Å²) in [6.07, 6.45) is 0. The zero-order valence-corrected chi connectivity index (χ0v) is 27.9. The highest BCUT2D eigenvalue weighted by Crippen LogP contribution is 2.41. The Labute approximate surface area is 381 Å². The minimum atomic E-state index is -1.46. The van der Waals surface area contributed by atoms with E-state index in [9.17, 15) is 26.0 Å². The molecule has 0 aliphatic carbocycles. The first-order chi connectivity index (χ1) is 43.6. The average molecular weight is 753 g/mol. The summed E-state index contributed by atoms with van der Waals surface area (Å²) in [5, 5.41) is -1.49. The second-order valence-corrected chi connectivity index (χ2v) is 11.3. The van der Waals surface area contributed by atoms with Gasteiger partial charge >= 0.3 is 0 Å². The van der Waals surface area contributed by atoms with Gasteiger partial charge in [-0.3, -0.25) is 0 Å². The van der Waals surface area contributed by atoms with Crippen LogP contribution < -0.4 is 4.90 Å². The van der Waals surface area contributed by atoms with E-state index in [2.05, 4.69) is 0 Å². The zero-order valence-electron chi connectivity index (χ0n) is 65.9. The third-order valence-electron chi connectivity index (χ3n) is 8.06. The largest absolute Gasteiger partial charge is 0.310 e. The van der Waals surface area contributed by atoms with Gasteiger partial charge in [0.25, 0.3) is 0 Å². The molecule has 0 spiro atoms. The van der Waals surface area contributed by atoms with Crippen LogP contribution in [0.3, 0.4) is 0 Å². The Balaban J connectivity index is 1.40. The van der Waals surface area contributed by atoms with Crippen LogP contribution in [-0.4, -0.2) is 4.57 Å². The van der Waals surface area contributed by atoms with Gasteiger partial charge in [0.2, 0.25) is 0 Å². The van der Waals surface area contributed by atoms with E-state index in [1.807, 2.05) is 0 Å². The average Bonchev–Trinajstić information content (AvgIpc) is 1.44. The molecule has 1 aromatic heterocycles. The van der Waals surface area contributed by atoms with Crippen LogP contribution >= 0.6 is 0 Å². The van der Waals surface area contributed by atoms with Crippen molar-refractivity contribution in [3.05, 3.63) is 230 Å². The molecule has 0 radical (unpaired) electrons. The number of aromatic nitrogens is 1. The summed E-state index contributed by atoms with van der Waals surface area (Å²) in [5.74, 6) is 0. The van der Waals surface area contributed by atoms with Crippen LogP contribution in [0.5, 0.6) is 0 Å². The molecule has 2 nitrogen and oxygen atoms in total. The summed E-state index contributed by atoms with van der Waals surface area (Å²) in [6, 6.07) is -43.8. The first-order valence-electron chi connectivity index (χ1n) is 35.1. The molecule has 0 N–H and O–H groups in total. The first-order valence-corrected chi connectivity index (χ1v) is 16.1. The molecule has 264 valence electrons. The van der Waals surface area contributed by atoms with Gasteiger partial charge < -0.3 is 9.47 Å². The lowest BCUT2D eigenvalue weighted by Gasteiger charge is -2.26. The number of benzene rings is 9. The number of nitrogens with zero attached hydrogens (tertiary/aromatic N) is 2. The SMILES string of the molecule is [2H]c1c([2H])c([2H])c(-c2c([2H])c([2H])c(N(c3c([2H])c([2H])c(-c4c([2H])c([2H])c([2H])c([2H])c4[2H])c([2H])c3[2H])c3c([2H])c([2H])c([2H])c(-c4c([2H])c([2H])c([2H])c(-c5c([2H])c([2H])c([2H])c6c5c5c([2H])c([2H])c([2H])c([2H])c5n6-c5c([2H])c([2H])c([2H])c([2H])c5[2H])c4[2H])c3[2H])c([2H])c2[2H])c([2H])c1[2H]. The Morgan fingerprint density at radius 2 is 0.786 bits per heavy atom. The molecule has 0 unspecified atom stereocenters. The molecule has 0 aliphatic heterocycles. The first kappa shape index (κ1) is 12.0. The molecule has 0 amide bonds. The summed E-state index contributed by atoms with van der Waals surface area (Å²) in [7, 11) is 0. The third kappa shape index (κ3) is 6.14. The second kappa shape index (κ2) is 14.4. The zero-order chi connectivity index (χ0) is 70.3. The highest BCUT2D eigenvalue weighted by molar-refractivity contribution is 6.15. The van der Waals surface area contributed by atoms with Crippen LogP contribution in [0, 0.1) is 0 Å². The molecule has 56 heavy (non-hydrogen) atoms. The maximum atomic E-state index is 10.1. The maximum Gasteiger partial charge on any atom is 0.0651 e. The fraction of sp³-hybridized carbons (Fsp3) is 0. The van der Waals surface area contributed by atoms with Crippen molar-refractivity contribution in [1.29, 1.82) is 0 Å². The molecule has 1 heterocycles. The monoisotopic (exact) mass is 753 g/mol. The maximum absolute atomic E-state index is 10.1. The lowest BCUT2D eigenvalue weighted by atomic mass is 9.95. The van der Waals surface area contributed by atoms with E-state index in [-0.39, 0.29) is 4.90 Å². The van der Waals surface area contributed by atoms with Gasteiger partial charge in [0.15, 0.2) is 0 Å². The Kier molecular flexibility index (Phi) is 3.10. The predicted molar refractivity (Wildman–Crippen MR) is 237 cm³/mol. The summed E-state index contributed by atoms with van der Waals surface area (Å²) < 4.78 is 344. The van der Waals surface area contributed by atoms with Crippen molar-refractivity contribution in [3.63, 3.8) is 0 Å². The van der Waals surface area contributed by atoms with E-state index >= 15 is 0 Å². The molecule has 0 aliphatic rings. The van der Waals surface area contributed by atoms with Crippen LogP contribution in [0.1, 0.15) is 52.1 Å². The number of para-hydroxylation sites is 2. The van der Waals surface area contributed by atoms with E-state index in [4.69, 9.17) is 26.0 Å². The van der Waals surface area contributed by atoms with E-state index in [1.54, 1.807) is 0 Å². The van der Waals surface area contributed by atoms with Gasteiger partial charge in [-0.05, 0) is 111 Å². The van der Waals surface area contributed by atoms with Gasteiger partial charge in [-0.1, -0.05) is 163 Å². The topological polar surface area (TPSA) is 8.17 Å². The van der Waals surface area contributed by atoms with E-state index in [1.165, 1.54) is 0 Å². The Morgan fingerprint density at radius 1 is 0.321 bits per heavy atom. The lowest BCUT2D eigenvalue weighted by molar-refractivity contribution is 1.18. The van der Waals surface area contributed by atoms with Crippen molar-refractivity contribution < 1.29 is 52.1 Å². The van der Waals surface area contributed by atoms with Crippen LogP contribution in [0.4, 0.5) is 17.1 Å². The van der Waals surface area contributed by atoms with Crippen molar-refractivity contribution >= 4 is 38.9 Å². The fourth-order valence-electron chi connectivity index (χ4n) is 5.68. The molecule has 10 rings (SSSR count). The Hall–Kier alpha value is -7.42. The number of hydrogen-bond donors (Lipinski definition) is 0. The molecular formula is C54H38N2. The van der Waals surface area contributed by atoms with Gasteiger partial charge in [-0.15, -0.1) is 0 Å². The minimum Gasteiger partial charge on any atom is -0.310 e. The lowest BCUT2D eigenvalue weighted by Crippen LogP contribution is -2.10. The summed E-state index contributed by atoms with van der Waals surface area (Å²) in [6.45, 7) is 0. The second-order valence-electron chi connectivity index (χ2n) is 11.3. The van der Waals surface area contributed by atoms with Crippen molar-refractivity contribution in [2.75, 3.05) is 4.90 Å². The number of rotatable bonds is 8. The number of hydrogen-bond acceptors (Lipinski definition) is 1. The van der Waals surface area contributed by atoms with Gasteiger partial charge in [-0.25, -0.2) is 0 Å². The molecule has 9 aromatic carbocycles. The van der Waals surface area contributed by atoms with Crippen molar-refractivity contribution in [2.24, 2.45) is 0 Å². The highest BCUT2D eigenvalue weighted by Gasteiger charge is 2.18. The normalized spacial score (nSPS) is 20.7.